The lowest BCUT2D eigenvalue weighted by Crippen LogP contribution is -2.35. The number of carbonyl (C=O) groups is 2. The molecule has 18 heavy (non-hydrogen) atoms. The Hall–Kier alpha value is -1.75. The standard InChI is InChI=1S/C12H14ClNO4/c1-8(12(17)14-6-11(15)16)7-18-10-4-2-9(13)3-5-10/h2-5,8H,6-7H2,1H3,(H,14,17)(H,15,16). The van der Waals surface area contributed by atoms with Crippen LogP contribution in [-0.2, 0) is 9.59 Å². The Kier molecular flexibility index (Phi) is 5.45. The van der Waals surface area contributed by atoms with Gasteiger partial charge in [-0.15, -0.1) is 0 Å². The predicted molar refractivity (Wildman–Crippen MR) is 66.8 cm³/mol. The summed E-state index contributed by atoms with van der Waals surface area (Å²) in [5.41, 5.74) is 0. The second kappa shape index (κ2) is 6.86. The Labute approximate surface area is 110 Å². The number of ether oxygens (including phenoxy) is 1. The van der Waals surface area contributed by atoms with Gasteiger partial charge in [0.15, 0.2) is 0 Å². The molecule has 5 nitrogen and oxygen atoms in total. The number of nitrogens with one attached hydrogen (secondary N) is 1. The summed E-state index contributed by atoms with van der Waals surface area (Å²) in [5, 5.41) is 11.3. The van der Waals surface area contributed by atoms with Gasteiger partial charge in [0, 0.05) is 5.02 Å². The third-order valence-corrected chi connectivity index (χ3v) is 2.43. The van der Waals surface area contributed by atoms with Crippen LogP contribution in [0.3, 0.4) is 0 Å². The van der Waals surface area contributed by atoms with Crippen LogP contribution in [0.1, 0.15) is 6.92 Å². The Morgan fingerprint density at radius 2 is 2.00 bits per heavy atom. The summed E-state index contributed by atoms with van der Waals surface area (Å²) < 4.78 is 5.38. The monoisotopic (exact) mass is 271 g/mol. The highest BCUT2D eigenvalue weighted by atomic mass is 35.5. The van der Waals surface area contributed by atoms with Crippen LogP contribution < -0.4 is 10.1 Å². The minimum atomic E-state index is -1.07. The van der Waals surface area contributed by atoms with Gasteiger partial charge in [-0.25, -0.2) is 0 Å². The van der Waals surface area contributed by atoms with Crippen molar-refractivity contribution < 1.29 is 19.4 Å². The van der Waals surface area contributed by atoms with Crippen molar-refractivity contribution in [2.45, 2.75) is 6.92 Å². The summed E-state index contributed by atoms with van der Waals surface area (Å²) in [7, 11) is 0. The fourth-order valence-corrected chi connectivity index (χ4v) is 1.29. The highest BCUT2D eigenvalue weighted by Crippen LogP contribution is 2.16. The van der Waals surface area contributed by atoms with E-state index in [-0.39, 0.29) is 19.1 Å². The van der Waals surface area contributed by atoms with Crippen molar-refractivity contribution in [1.29, 1.82) is 0 Å². The average Bonchev–Trinajstić information content (AvgIpc) is 2.34. The molecular weight excluding hydrogens is 258 g/mol. The van der Waals surface area contributed by atoms with Gasteiger partial charge in [0.05, 0.1) is 12.5 Å². The van der Waals surface area contributed by atoms with Crippen LogP contribution in [0.25, 0.3) is 0 Å². The topological polar surface area (TPSA) is 75.6 Å². The van der Waals surface area contributed by atoms with Crippen molar-refractivity contribution in [3.63, 3.8) is 0 Å². The molecule has 0 aliphatic carbocycles. The third kappa shape index (κ3) is 5.05. The second-order valence-corrected chi connectivity index (χ2v) is 4.21. The largest absolute Gasteiger partial charge is 0.493 e. The molecule has 98 valence electrons. The summed E-state index contributed by atoms with van der Waals surface area (Å²) in [6.07, 6.45) is 0. The lowest BCUT2D eigenvalue weighted by Gasteiger charge is -2.12. The summed E-state index contributed by atoms with van der Waals surface area (Å²) >= 11 is 5.72. The number of carbonyl (C=O) groups excluding carboxylic acids is 1. The van der Waals surface area contributed by atoms with Gasteiger partial charge in [-0.05, 0) is 24.3 Å². The lowest BCUT2D eigenvalue weighted by atomic mass is 10.2. The van der Waals surface area contributed by atoms with E-state index in [2.05, 4.69) is 5.32 Å². The Balaban J connectivity index is 2.36. The third-order valence-electron chi connectivity index (χ3n) is 2.18. The normalized spacial score (nSPS) is 11.7. The first-order chi connectivity index (χ1) is 8.49. The maximum absolute atomic E-state index is 11.4. The summed E-state index contributed by atoms with van der Waals surface area (Å²) in [5.74, 6) is -1.25. The molecule has 6 heteroatoms. The molecule has 0 aliphatic heterocycles. The van der Waals surface area contributed by atoms with E-state index in [1.54, 1.807) is 31.2 Å². The van der Waals surface area contributed by atoms with Crippen molar-refractivity contribution >= 4 is 23.5 Å². The molecule has 0 radical (unpaired) electrons. The quantitative estimate of drug-likeness (QED) is 0.823. The van der Waals surface area contributed by atoms with E-state index < -0.39 is 11.9 Å². The van der Waals surface area contributed by atoms with E-state index in [1.807, 2.05) is 0 Å². The van der Waals surface area contributed by atoms with Crippen molar-refractivity contribution in [1.82, 2.24) is 5.32 Å². The van der Waals surface area contributed by atoms with Crippen LogP contribution in [0.5, 0.6) is 5.75 Å². The summed E-state index contributed by atoms with van der Waals surface area (Å²) in [4.78, 5) is 21.7. The average molecular weight is 272 g/mol. The molecule has 0 aliphatic rings. The first kappa shape index (κ1) is 14.3. The molecule has 0 saturated heterocycles. The van der Waals surface area contributed by atoms with Gasteiger partial charge in [-0.3, -0.25) is 9.59 Å². The van der Waals surface area contributed by atoms with Crippen molar-refractivity contribution in [3.8, 4) is 5.75 Å². The fraction of sp³-hybridized carbons (Fsp3) is 0.333. The lowest BCUT2D eigenvalue weighted by molar-refractivity contribution is -0.138. The number of benzene rings is 1. The van der Waals surface area contributed by atoms with E-state index in [0.717, 1.165) is 0 Å². The number of amides is 1. The van der Waals surface area contributed by atoms with Crippen molar-refractivity contribution in [2.24, 2.45) is 5.92 Å². The minimum Gasteiger partial charge on any atom is -0.493 e. The number of halogens is 1. The fourth-order valence-electron chi connectivity index (χ4n) is 1.16. The van der Waals surface area contributed by atoms with E-state index in [9.17, 15) is 9.59 Å². The number of hydrogen-bond donors (Lipinski definition) is 2. The van der Waals surface area contributed by atoms with Crippen molar-refractivity contribution in [3.05, 3.63) is 29.3 Å². The molecule has 2 N–H and O–H groups in total. The second-order valence-electron chi connectivity index (χ2n) is 3.78. The molecule has 1 atom stereocenters. The van der Waals surface area contributed by atoms with Crippen LogP contribution in [0, 0.1) is 5.92 Å². The Bertz CT molecular complexity index is 419. The predicted octanol–water partition coefficient (Wildman–Crippen LogP) is 1.56. The number of hydrogen-bond acceptors (Lipinski definition) is 3. The zero-order valence-electron chi connectivity index (χ0n) is 9.85. The molecule has 0 spiro atoms. The van der Waals surface area contributed by atoms with Gasteiger partial charge in [-0.2, -0.15) is 0 Å². The van der Waals surface area contributed by atoms with Gasteiger partial charge < -0.3 is 15.2 Å². The van der Waals surface area contributed by atoms with E-state index in [0.29, 0.717) is 10.8 Å². The Morgan fingerprint density at radius 3 is 2.56 bits per heavy atom. The maximum atomic E-state index is 11.4. The molecule has 1 aromatic carbocycles. The van der Waals surface area contributed by atoms with Crippen LogP contribution in [0.15, 0.2) is 24.3 Å². The van der Waals surface area contributed by atoms with Gasteiger partial charge >= 0.3 is 5.97 Å². The van der Waals surface area contributed by atoms with Crippen LogP contribution in [0.4, 0.5) is 0 Å². The van der Waals surface area contributed by atoms with Gasteiger partial charge in [0.25, 0.3) is 0 Å². The summed E-state index contributed by atoms with van der Waals surface area (Å²) in [6.45, 7) is 1.45. The molecule has 0 heterocycles. The minimum absolute atomic E-state index is 0.174. The van der Waals surface area contributed by atoms with E-state index in [1.165, 1.54) is 0 Å². The molecule has 0 aromatic heterocycles. The van der Waals surface area contributed by atoms with Crippen LogP contribution in [0.2, 0.25) is 5.02 Å². The van der Waals surface area contributed by atoms with Crippen LogP contribution in [-0.4, -0.2) is 30.1 Å². The highest BCUT2D eigenvalue weighted by molar-refractivity contribution is 6.30. The SMILES string of the molecule is CC(COc1ccc(Cl)cc1)C(=O)NCC(=O)O. The van der Waals surface area contributed by atoms with Gasteiger partial charge in [0.2, 0.25) is 5.91 Å². The van der Waals surface area contributed by atoms with Gasteiger partial charge in [0.1, 0.15) is 12.3 Å². The number of carboxylic acid groups (broad SMARTS) is 1. The molecule has 1 aromatic rings. The first-order valence-corrected chi connectivity index (χ1v) is 5.74. The zero-order valence-corrected chi connectivity index (χ0v) is 10.6. The summed E-state index contributed by atoms with van der Waals surface area (Å²) in [6, 6.07) is 6.77. The molecule has 1 unspecified atom stereocenters. The first-order valence-electron chi connectivity index (χ1n) is 5.37. The Morgan fingerprint density at radius 1 is 1.39 bits per heavy atom. The number of aliphatic carboxylic acids is 1. The molecule has 0 fully saturated rings. The smallest absolute Gasteiger partial charge is 0.322 e. The zero-order chi connectivity index (χ0) is 13.5. The molecular formula is C12H14ClNO4. The number of carboxylic acids is 1. The van der Waals surface area contributed by atoms with E-state index in [4.69, 9.17) is 21.4 Å². The molecule has 0 bridgehead atoms. The van der Waals surface area contributed by atoms with E-state index >= 15 is 0 Å². The van der Waals surface area contributed by atoms with Gasteiger partial charge in [-0.1, -0.05) is 18.5 Å². The molecule has 1 rings (SSSR count). The molecule has 1 amide bonds. The highest BCUT2D eigenvalue weighted by Gasteiger charge is 2.14. The maximum Gasteiger partial charge on any atom is 0.322 e. The number of rotatable bonds is 6. The van der Waals surface area contributed by atoms with Crippen molar-refractivity contribution in [2.75, 3.05) is 13.2 Å². The molecule has 0 saturated carbocycles. The van der Waals surface area contributed by atoms with Crippen LogP contribution >= 0.6 is 11.6 Å².